The predicted molar refractivity (Wildman–Crippen MR) is 259 cm³/mol. The Bertz CT molecular complexity index is 2620. The van der Waals surface area contributed by atoms with E-state index in [1.54, 1.807) is 20.8 Å². The minimum Gasteiger partial charge on any atom is -0.508 e. The maximum absolute atomic E-state index is 18.0. The molecule has 0 saturated carbocycles. The Morgan fingerprint density at radius 1 is 0.971 bits per heavy atom. The molecule has 2 heterocycles. The van der Waals surface area contributed by atoms with Gasteiger partial charge in [0.05, 0.1) is 17.3 Å². The number of anilines is 1. The summed E-state index contributed by atoms with van der Waals surface area (Å²) in [4.78, 5) is 49.6. The molecule has 0 bridgehead atoms. The van der Waals surface area contributed by atoms with E-state index in [4.69, 9.17) is 23.2 Å². The van der Waals surface area contributed by atoms with Crippen LogP contribution in [-0.2, 0) is 35.3 Å². The number of allylic oxidation sites excluding steroid dienone is 1. The molecule has 0 unspecified atom stereocenters. The quantitative estimate of drug-likeness (QED) is 0.138. The number of aliphatic hydroxyl groups is 1. The molecule has 68 heavy (non-hydrogen) atoms. The average Bonchev–Trinajstić information content (AvgIpc) is 3.58. The second-order valence-electron chi connectivity index (χ2n) is 22.1. The fourth-order valence-corrected chi connectivity index (χ4v) is 11.7. The van der Waals surface area contributed by atoms with E-state index < -0.39 is 71.7 Å². The molecule has 4 aromatic rings. The van der Waals surface area contributed by atoms with E-state index in [0.717, 1.165) is 11.1 Å². The van der Waals surface area contributed by atoms with E-state index in [-0.39, 0.29) is 102 Å². The highest BCUT2D eigenvalue weighted by Crippen LogP contribution is 2.60. The van der Waals surface area contributed by atoms with Gasteiger partial charge in [-0.15, -0.1) is 0 Å². The van der Waals surface area contributed by atoms with Crippen LogP contribution in [0.4, 0.5) is 14.9 Å². The summed E-state index contributed by atoms with van der Waals surface area (Å²) in [5.41, 5.74) is -1.16. The molecule has 0 saturated heterocycles. The van der Waals surface area contributed by atoms with Crippen LogP contribution in [0, 0.1) is 23.6 Å². The third kappa shape index (κ3) is 8.79. The largest absolute Gasteiger partial charge is 0.508 e. The minimum absolute atomic E-state index is 0.00223. The minimum atomic E-state index is -3.04. The van der Waals surface area contributed by atoms with Crippen LogP contribution in [0.5, 0.6) is 11.6 Å². The Labute approximate surface area is 400 Å². The number of carbonyl (C=O) groups excluding carboxylic acids is 3. The molecule has 1 aliphatic heterocycles. The lowest BCUT2D eigenvalue weighted by molar-refractivity contribution is -0.0481. The van der Waals surface area contributed by atoms with Crippen LogP contribution >= 0.6 is 0 Å². The van der Waals surface area contributed by atoms with E-state index >= 15 is 14.0 Å². The number of halogens is 1. The van der Waals surface area contributed by atoms with E-state index in [0.29, 0.717) is 6.42 Å². The second-order valence-corrected chi connectivity index (χ2v) is 26.8. The number of benzene rings is 3. The van der Waals surface area contributed by atoms with Crippen molar-refractivity contribution in [2.45, 2.75) is 136 Å². The summed E-state index contributed by atoms with van der Waals surface area (Å²) in [6.45, 7) is 19.8. The van der Waals surface area contributed by atoms with Gasteiger partial charge in [0, 0.05) is 41.7 Å². The lowest BCUT2D eigenvalue weighted by Crippen LogP contribution is -2.65. The number of nitrogens with one attached hydrogen (secondary N) is 1. The first-order chi connectivity index (χ1) is 31.9. The summed E-state index contributed by atoms with van der Waals surface area (Å²) in [7, 11) is 0.670. The zero-order chi connectivity index (χ0) is 49.2. The molecular formula is C53H67FN4O9Si. The molecule has 364 valence electrons. The monoisotopic (exact) mass is 950 g/mol. The van der Waals surface area contributed by atoms with Crippen molar-refractivity contribution in [1.82, 2.24) is 15.4 Å². The summed E-state index contributed by atoms with van der Waals surface area (Å²) in [5, 5.41) is 20.7. The Balaban J connectivity index is 1.36. The van der Waals surface area contributed by atoms with Crippen molar-refractivity contribution in [2.24, 2.45) is 17.8 Å². The van der Waals surface area contributed by atoms with Gasteiger partial charge in [-0.1, -0.05) is 95.3 Å². The molecule has 3 aliphatic carbocycles. The highest BCUT2D eigenvalue weighted by molar-refractivity contribution is 6.74. The molecule has 5 atom stereocenters. The van der Waals surface area contributed by atoms with Crippen LogP contribution < -0.4 is 19.7 Å². The van der Waals surface area contributed by atoms with E-state index in [9.17, 15) is 9.90 Å². The normalized spacial score (nSPS) is 22.8. The van der Waals surface area contributed by atoms with Gasteiger partial charge in [-0.25, -0.2) is 9.18 Å². The van der Waals surface area contributed by atoms with E-state index in [1.165, 1.54) is 4.90 Å². The summed E-state index contributed by atoms with van der Waals surface area (Å²) < 4.78 is 50.4. The van der Waals surface area contributed by atoms with Crippen molar-refractivity contribution in [1.29, 1.82) is 0 Å². The number of nitrogens with zero attached hydrogens (tertiary/aromatic N) is 3. The Morgan fingerprint density at radius 2 is 1.59 bits per heavy atom. The Morgan fingerprint density at radius 3 is 2.16 bits per heavy atom. The van der Waals surface area contributed by atoms with Crippen LogP contribution in [0.3, 0.4) is 0 Å². The van der Waals surface area contributed by atoms with E-state index in [1.807, 2.05) is 114 Å². The summed E-state index contributed by atoms with van der Waals surface area (Å²) in [6, 6.07) is 17.9. The molecule has 2 N–H and O–H groups in total. The van der Waals surface area contributed by atoms with Gasteiger partial charge in [-0.05, 0) is 100 Å². The molecule has 13 nitrogen and oxygen atoms in total. The highest BCUT2D eigenvalue weighted by Gasteiger charge is 2.67. The fraction of sp³-hybridized carbons (Fsp3) is 0.509. The van der Waals surface area contributed by atoms with Gasteiger partial charge in [0.25, 0.3) is 5.88 Å². The van der Waals surface area contributed by atoms with Crippen LogP contribution in [0.25, 0.3) is 0 Å². The maximum atomic E-state index is 18.0. The third-order valence-corrected chi connectivity index (χ3v) is 18.7. The molecule has 0 spiro atoms. The summed E-state index contributed by atoms with van der Waals surface area (Å²) in [5.74, 6) is -3.62. The zero-order valence-electron chi connectivity index (χ0n) is 41.5. The van der Waals surface area contributed by atoms with Gasteiger partial charge in [0.2, 0.25) is 5.78 Å². The van der Waals surface area contributed by atoms with Gasteiger partial charge in [-0.2, -0.15) is 0 Å². The fourth-order valence-electron chi connectivity index (χ4n) is 10.2. The molecule has 1 aromatic heterocycles. The predicted octanol–water partition coefficient (Wildman–Crippen LogP) is 10.7. The molecule has 1 amide bonds. The summed E-state index contributed by atoms with van der Waals surface area (Å²) >= 11 is 0. The Kier molecular flexibility index (Phi) is 13.1. The SMILES string of the molecule is CC(C)C[C@@H]1CN(C(=O)OC(C)(C)C)c2c(c(F)c3c(c2OCc2ccccc2)C(=O)C2=C(O)[C@]4(O[Si](C)(C)C(C)(C)C)C(=O)c5c(OCc6ccccc6)noc5[C@@H](N(C)C)[C@@H]4C[C@@H]2C3)CN1. The van der Waals surface area contributed by atoms with Gasteiger partial charge in [0.15, 0.2) is 31.2 Å². The maximum Gasteiger partial charge on any atom is 0.414 e. The number of fused-ring (bicyclic) bond motifs is 5. The zero-order valence-corrected chi connectivity index (χ0v) is 42.5. The standard InChI is InChI=1S/C53H67FN4O9Si/c1-30(2)23-34-27-58(50(62)65-51(3,4)5)42-36(26-55-34)41(54)35-24-33-25-37-43(57(9)10)46-40(49(56-66-46)64-29-32-21-17-14-18-22-32)48(61)53(37,67-68(11,12)52(6,7)8)47(60)38(33)44(59)39(35)45(42)63-28-31-19-15-13-16-20-31/h13-22,30,33-34,37,43,55,60H,23-29H2,1-12H3/t33-,34+,37-,43-,53-/m0/s1. The van der Waals surface area contributed by atoms with Gasteiger partial charge in [0.1, 0.15) is 36.0 Å². The molecule has 3 aromatic carbocycles. The van der Waals surface area contributed by atoms with Crippen molar-refractivity contribution < 1.29 is 47.0 Å². The van der Waals surface area contributed by atoms with Gasteiger partial charge >= 0.3 is 6.09 Å². The number of rotatable bonds is 11. The first kappa shape index (κ1) is 49.1. The first-order valence-corrected chi connectivity index (χ1v) is 26.7. The van der Waals surface area contributed by atoms with Crippen LogP contribution in [0.1, 0.15) is 123 Å². The van der Waals surface area contributed by atoms with Crippen molar-refractivity contribution in [3.63, 3.8) is 0 Å². The number of ketones is 2. The number of hydrogen-bond acceptors (Lipinski definition) is 12. The Hall–Kier alpha value is -5.35. The highest BCUT2D eigenvalue weighted by atomic mass is 28.4. The lowest BCUT2D eigenvalue weighted by atomic mass is 9.58. The van der Waals surface area contributed by atoms with Crippen LogP contribution in [0.2, 0.25) is 18.1 Å². The van der Waals surface area contributed by atoms with Crippen molar-refractivity contribution in [3.05, 3.63) is 117 Å². The smallest absolute Gasteiger partial charge is 0.414 e. The molecule has 0 fully saturated rings. The first-order valence-electron chi connectivity index (χ1n) is 23.8. The molecule has 4 aliphatic rings. The molecule has 8 rings (SSSR count). The topological polar surface area (TPSA) is 153 Å². The van der Waals surface area contributed by atoms with Crippen LogP contribution in [-0.4, -0.2) is 79.0 Å². The summed E-state index contributed by atoms with van der Waals surface area (Å²) in [6.07, 6.45) is 0.0753. The molecular weight excluding hydrogens is 884 g/mol. The number of aliphatic hydroxyl groups excluding tert-OH is 1. The molecule has 0 radical (unpaired) electrons. The van der Waals surface area contributed by atoms with Crippen molar-refractivity contribution >= 4 is 31.7 Å². The number of aromatic nitrogens is 1. The third-order valence-electron chi connectivity index (χ3n) is 14.3. The van der Waals surface area contributed by atoms with Crippen molar-refractivity contribution in [3.8, 4) is 11.6 Å². The van der Waals surface area contributed by atoms with Crippen molar-refractivity contribution in [2.75, 3.05) is 25.5 Å². The average molecular weight is 951 g/mol. The van der Waals surface area contributed by atoms with Crippen LogP contribution in [0.15, 0.2) is 76.5 Å². The number of ether oxygens (including phenoxy) is 3. The molecule has 15 heteroatoms. The van der Waals surface area contributed by atoms with Gasteiger partial charge in [-0.3, -0.25) is 19.4 Å². The lowest BCUT2D eigenvalue weighted by Gasteiger charge is -2.55. The number of hydrogen-bond donors (Lipinski definition) is 2. The number of carbonyl (C=O) groups is 3. The number of Topliss-reactive ketones (excluding diaryl/α,β-unsaturated/α-hetero) is 2. The second kappa shape index (κ2) is 18.2. The number of amides is 1. The van der Waals surface area contributed by atoms with E-state index in [2.05, 4.69) is 24.3 Å². The van der Waals surface area contributed by atoms with Gasteiger partial charge < -0.3 is 33.6 Å².